The van der Waals surface area contributed by atoms with Crippen LogP contribution in [-0.4, -0.2) is 77.4 Å². The van der Waals surface area contributed by atoms with Crippen LogP contribution in [0.4, 0.5) is 0 Å². The molecule has 4 rings (SSSR count). The number of amides is 2. The molecule has 2 saturated heterocycles. The number of nitrogens with one attached hydrogen (secondary N) is 1. The second kappa shape index (κ2) is 8.01. The minimum absolute atomic E-state index is 0.0334. The lowest BCUT2D eigenvalue weighted by Gasteiger charge is -2.53. The molecule has 14 heteroatoms. The van der Waals surface area contributed by atoms with Crippen LogP contribution in [0.25, 0.3) is 0 Å². The summed E-state index contributed by atoms with van der Waals surface area (Å²) in [6, 6.07) is -0.849. The van der Waals surface area contributed by atoms with Gasteiger partial charge in [-0.3, -0.25) is 19.2 Å². The predicted molar refractivity (Wildman–Crippen MR) is 107 cm³/mol. The molecular weight excluding hydrogens is 458 g/mol. The van der Waals surface area contributed by atoms with E-state index in [0.717, 1.165) is 0 Å². The van der Waals surface area contributed by atoms with Crippen molar-refractivity contribution in [1.82, 2.24) is 24.6 Å². The zero-order chi connectivity index (χ0) is 20.6. The minimum atomic E-state index is -1.13. The van der Waals surface area contributed by atoms with Crippen molar-refractivity contribution in [2.75, 3.05) is 18.1 Å². The van der Waals surface area contributed by atoms with E-state index in [9.17, 15) is 24.3 Å². The third-order valence-corrected chi connectivity index (χ3v) is 8.83. The van der Waals surface area contributed by atoms with Gasteiger partial charge in [0.15, 0.2) is 4.34 Å². The Morgan fingerprint density at radius 3 is 2.86 bits per heavy atom. The maximum atomic E-state index is 12.5. The van der Waals surface area contributed by atoms with Crippen molar-refractivity contribution in [3.8, 4) is 0 Å². The van der Waals surface area contributed by atoms with E-state index < -0.39 is 40.4 Å². The van der Waals surface area contributed by atoms with Gasteiger partial charge in [-0.2, -0.15) is 4.37 Å². The van der Waals surface area contributed by atoms with Crippen LogP contribution in [-0.2, 0) is 14.4 Å². The van der Waals surface area contributed by atoms with E-state index in [4.69, 9.17) is 0 Å². The smallest absolute Gasteiger partial charge is 0.313 e. The number of Topliss-reactive ketones (excluding diaryl/α,β-unsaturated/α-hetero) is 1. The molecule has 29 heavy (non-hydrogen) atoms. The van der Waals surface area contributed by atoms with E-state index in [2.05, 4.69) is 19.7 Å². The van der Waals surface area contributed by atoms with Crippen molar-refractivity contribution < 1.29 is 24.3 Å². The Bertz CT molecular complexity index is 952. The molecule has 2 aliphatic heterocycles. The highest BCUT2D eigenvalue weighted by Crippen LogP contribution is 2.44. The Morgan fingerprint density at radius 2 is 2.21 bits per heavy atom. The van der Waals surface area contributed by atoms with Crippen molar-refractivity contribution in [2.45, 2.75) is 15.8 Å². The van der Waals surface area contributed by atoms with E-state index in [-0.39, 0.29) is 23.7 Å². The Morgan fingerprint density at radius 1 is 1.38 bits per heavy atom. The number of carboxylic acid groups (broad SMARTS) is 1. The van der Waals surface area contributed by atoms with Gasteiger partial charge >= 0.3 is 5.97 Å². The Balaban J connectivity index is 1.40. The van der Waals surface area contributed by atoms with E-state index >= 15 is 0 Å². The van der Waals surface area contributed by atoms with Gasteiger partial charge in [-0.05, 0) is 11.5 Å². The fourth-order valence-electron chi connectivity index (χ4n) is 2.98. The summed E-state index contributed by atoms with van der Waals surface area (Å²) in [6.45, 7) is 0.0387. The van der Waals surface area contributed by atoms with Gasteiger partial charge in [0.05, 0.1) is 5.51 Å². The predicted octanol–water partition coefficient (Wildman–Crippen LogP) is 0.440. The average Bonchev–Trinajstić information content (AvgIpc) is 3.43. The van der Waals surface area contributed by atoms with Crippen molar-refractivity contribution >= 4 is 70.0 Å². The molecule has 2 amide bonds. The number of hydrogen-bond donors (Lipinski definition) is 2. The first-order valence-corrected chi connectivity index (χ1v) is 11.9. The maximum absolute atomic E-state index is 12.5. The van der Waals surface area contributed by atoms with Crippen molar-refractivity contribution in [3.63, 3.8) is 0 Å². The molecular formula is C15H13N5O5S4. The lowest BCUT2D eigenvalue weighted by molar-refractivity contribution is -0.157. The molecule has 0 radical (unpaired) electrons. The fraction of sp³-hybridized carbons (Fsp3) is 0.400. The molecule has 2 fully saturated rings. The van der Waals surface area contributed by atoms with E-state index in [0.29, 0.717) is 4.34 Å². The van der Waals surface area contributed by atoms with Gasteiger partial charge in [-0.25, -0.2) is 9.97 Å². The summed E-state index contributed by atoms with van der Waals surface area (Å²) in [6.07, 6.45) is 1.41. The number of nitrogens with zero attached hydrogens (tertiary/aromatic N) is 4. The van der Waals surface area contributed by atoms with Crippen molar-refractivity contribution in [2.24, 2.45) is 5.41 Å². The summed E-state index contributed by atoms with van der Waals surface area (Å²) >= 11 is 4.96. The first-order valence-electron chi connectivity index (χ1n) is 8.20. The molecule has 0 bridgehead atoms. The highest BCUT2D eigenvalue weighted by atomic mass is 32.2. The molecule has 2 unspecified atom stereocenters. The normalized spacial score (nSPS) is 25.8. The number of thiazole rings is 1. The molecule has 4 heterocycles. The van der Waals surface area contributed by atoms with Gasteiger partial charge < -0.3 is 15.3 Å². The first kappa shape index (κ1) is 20.3. The van der Waals surface area contributed by atoms with Crippen LogP contribution in [0.2, 0.25) is 0 Å². The number of β-lactam (4-membered cyclic amide) rings is 1. The molecule has 152 valence electrons. The molecule has 2 N–H and O–H groups in total. The molecule has 10 nitrogen and oxygen atoms in total. The van der Waals surface area contributed by atoms with Crippen LogP contribution in [0, 0.1) is 5.41 Å². The van der Waals surface area contributed by atoms with Gasteiger partial charge in [-0.1, -0.05) is 11.8 Å². The first-order chi connectivity index (χ1) is 13.9. The Labute approximate surface area is 180 Å². The molecule has 2 aliphatic rings. The van der Waals surface area contributed by atoms with Crippen LogP contribution in [0.5, 0.6) is 0 Å². The molecule has 0 spiro atoms. The van der Waals surface area contributed by atoms with Crippen molar-refractivity contribution in [1.29, 1.82) is 0 Å². The number of carbonyl (C=O) groups excluding carboxylic acids is 3. The summed E-state index contributed by atoms with van der Waals surface area (Å²) in [7, 11) is 0. The average molecular weight is 472 g/mol. The zero-order valence-corrected chi connectivity index (χ0v) is 17.8. The lowest BCUT2D eigenvalue weighted by atomic mass is 9.89. The van der Waals surface area contributed by atoms with Gasteiger partial charge in [-0.15, -0.1) is 23.1 Å². The van der Waals surface area contributed by atoms with Crippen LogP contribution < -0.4 is 5.32 Å². The lowest BCUT2D eigenvalue weighted by Crippen LogP contribution is -2.74. The van der Waals surface area contributed by atoms with Crippen LogP contribution >= 0.6 is 46.4 Å². The Hall–Kier alpha value is -2.03. The van der Waals surface area contributed by atoms with E-state index in [1.54, 1.807) is 0 Å². The molecule has 0 aliphatic carbocycles. The van der Waals surface area contributed by atoms with Gasteiger partial charge in [0.1, 0.15) is 28.9 Å². The highest BCUT2D eigenvalue weighted by molar-refractivity contribution is 8.01. The Kier molecular flexibility index (Phi) is 5.59. The zero-order valence-electron chi connectivity index (χ0n) is 14.5. The number of thioether (sulfide) groups is 2. The number of aromatic nitrogens is 3. The topological polar surface area (TPSA) is 142 Å². The van der Waals surface area contributed by atoms with Crippen LogP contribution in [0.3, 0.4) is 0 Å². The SMILES string of the molecule is O=C(NC1C(=O)N2CC(CSc3ncns3)(C(=O)O)CS[C@H]12)C(=O)c1cscn1. The number of carbonyl (C=O) groups is 4. The molecule has 2 aromatic rings. The number of rotatable bonds is 7. The molecule has 0 saturated carbocycles. The third-order valence-electron chi connectivity index (χ3n) is 4.57. The minimum Gasteiger partial charge on any atom is -0.481 e. The number of hydrogen-bond acceptors (Lipinski definition) is 11. The highest BCUT2D eigenvalue weighted by Gasteiger charge is 2.57. The van der Waals surface area contributed by atoms with E-state index in [1.807, 2.05) is 0 Å². The summed E-state index contributed by atoms with van der Waals surface area (Å²) in [5.41, 5.74) is 0.350. The quantitative estimate of drug-likeness (QED) is 0.253. The molecule has 2 aromatic heterocycles. The summed E-state index contributed by atoms with van der Waals surface area (Å²) in [4.78, 5) is 58.0. The fourth-order valence-corrected chi connectivity index (χ4v) is 6.82. The van der Waals surface area contributed by atoms with Gasteiger partial charge in [0.2, 0.25) is 5.91 Å². The number of fused-ring (bicyclic) bond motifs is 1. The van der Waals surface area contributed by atoms with E-state index in [1.165, 1.54) is 68.5 Å². The maximum Gasteiger partial charge on any atom is 0.313 e. The van der Waals surface area contributed by atoms with Gasteiger partial charge in [0, 0.05) is 23.4 Å². The van der Waals surface area contributed by atoms with Crippen LogP contribution in [0.1, 0.15) is 10.5 Å². The summed E-state index contributed by atoms with van der Waals surface area (Å²) in [5.74, 6) is -2.55. The van der Waals surface area contributed by atoms with Crippen molar-refractivity contribution in [3.05, 3.63) is 22.9 Å². The standard InChI is InChI=1S/C15H13N5O5S4/c21-9(7-1-26-6-17-7)10(22)19-8-11(23)20-2-15(13(24)25,3-27-12(8)20)4-28-14-16-5-18-29-14/h1,5-6,8,12H,2-4H2,(H,19,22)(H,24,25)/t8?,12-,15?/m1/s1. The number of carboxylic acids is 1. The van der Waals surface area contributed by atoms with Crippen LogP contribution in [0.15, 0.2) is 21.6 Å². The second-order valence-electron chi connectivity index (χ2n) is 6.40. The molecule has 0 aromatic carbocycles. The van der Waals surface area contributed by atoms with Gasteiger partial charge in [0.25, 0.3) is 11.7 Å². The largest absolute Gasteiger partial charge is 0.481 e. The second-order valence-corrected chi connectivity index (χ2v) is 10.2. The molecule has 3 atom stereocenters. The number of ketones is 1. The summed E-state index contributed by atoms with van der Waals surface area (Å²) in [5, 5.41) is 13.3. The monoisotopic (exact) mass is 471 g/mol. The number of aliphatic carboxylic acids is 1. The summed E-state index contributed by atoms with van der Waals surface area (Å²) < 4.78 is 4.56. The third kappa shape index (κ3) is 3.76.